The molecule has 2 aliphatic rings. The predicted molar refractivity (Wildman–Crippen MR) is 82.5 cm³/mol. The number of nitrogens with one attached hydrogen (secondary N) is 1. The number of aliphatic hydroxyl groups excluding tert-OH is 1. The van der Waals surface area contributed by atoms with E-state index in [4.69, 9.17) is 11.6 Å². The summed E-state index contributed by atoms with van der Waals surface area (Å²) in [7, 11) is 0. The van der Waals surface area contributed by atoms with Gasteiger partial charge >= 0.3 is 0 Å². The lowest BCUT2D eigenvalue weighted by molar-refractivity contribution is 0.0905. The summed E-state index contributed by atoms with van der Waals surface area (Å²) in [6.45, 7) is 1.56. The van der Waals surface area contributed by atoms with Crippen LogP contribution in [-0.2, 0) is 0 Å². The third-order valence-electron chi connectivity index (χ3n) is 4.64. The standard InChI is InChI=1S/C16H20ClFN2O2/c17-12-8-10(4-5-13(12)18)16(22)19-14-2-1-3-15(14)20-7-6-11(21)9-20/h4-5,8,11,14-15,21H,1-3,6-7,9H2,(H,19,22)/t11?,14-,15+/m1/s1. The predicted octanol–water partition coefficient (Wildman–Crippen LogP) is 2.20. The molecule has 1 amide bonds. The quantitative estimate of drug-likeness (QED) is 0.895. The molecule has 3 rings (SSSR count). The minimum Gasteiger partial charge on any atom is -0.392 e. The van der Waals surface area contributed by atoms with Crippen molar-refractivity contribution < 1.29 is 14.3 Å². The van der Waals surface area contributed by atoms with Crippen molar-refractivity contribution in [3.8, 4) is 0 Å². The Bertz CT molecular complexity index is 569. The van der Waals surface area contributed by atoms with Crippen LogP contribution in [0.15, 0.2) is 18.2 Å². The van der Waals surface area contributed by atoms with E-state index in [0.29, 0.717) is 12.1 Å². The van der Waals surface area contributed by atoms with Crippen LogP contribution in [0, 0.1) is 5.82 Å². The van der Waals surface area contributed by atoms with Gasteiger partial charge in [0.15, 0.2) is 0 Å². The molecule has 1 aromatic carbocycles. The maximum atomic E-state index is 13.2. The Labute approximate surface area is 134 Å². The summed E-state index contributed by atoms with van der Waals surface area (Å²) in [6, 6.07) is 4.36. The summed E-state index contributed by atoms with van der Waals surface area (Å²) in [5.41, 5.74) is 0.374. The number of benzene rings is 1. The van der Waals surface area contributed by atoms with E-state index in [0.717, 1.165) is 32.2 Å². The lowest BCUT2D eigenvalue weighted by atomic mass is 10.1. The van der Waals surface area contributed by atoms with Crippen LogP contribution in [-0.4, -0.2) is 47.2 Å². The van der Waals surface area contributed by atoms with Gasteiger partial charge in [-0.1, -0.05) is 11.6 Å². The summed E-state index contributed by atoms with van der Waals surface area (Å²) >= 11 is 5.73. The smallest absolute Gasteiger partial charge is 0.251 e. The number of rotatable bonds is 3. The summed E-state index contributed by atoms with van der Waals surface area (Å²) < 4.78 is 13.2. The number of likely N-dealkylation sites (tertiary alicyclic amines) is 1. The van der Waals surface area contributed by atoms with Crippen molar-refractivity contribution in [3.05, 3.63) is 34.6 Å². The number of halogens is 2. The highest BCUT2D eigenvalue weighted by molar-refractivity contribution is 6.31. The number of aliphatic hydroxyl groups is 1. The van der Waals surface area contributed by atoms with E-state index in [1.165, 1.54) is 18.2 Å². The Kier molecular flexibility index (Phi) is 4.66. The second-order valence-electron chi connectivity index (χ2n) is 6.14. The Hall–Kier alpha value is -1.17. The Morgan fingerprint density at radius 3 is 2.86 bits per heavy atom. The molecule has 0 spiro atoms. The molecule has 0 aromatic heterocycles. The maximum absolute atomic E-state index is 13.2. The molecule has 1 heterocycles. The van der Waals surface area contributed by atoms with Crippen molar-refractivity contribution in [2.75, 3.05) is 13.1 Å². The van der Waals surface area contributed by atoms with Crippen molar-refractivity contribution in [1.82, 2.24) is 10.2 Å². The monoisotopic (exact) mass is 326 g/mol. The van der Waals surface area contributed by atoms with Crippen molar-refractivity contribution in [1.29, 1.82) is 0 Å². The van der Waals surface area contributed by atoms with Gasteiger partial charge in [0, 0.05) is 30.7 Å². The highest BCUT2D eigenvalue weighted by Gasteiger charge is 2.36. The molecule has 1 saturated carbocycles. The molecule has 6 heteroatoms. The molecule has 1 aliphatic carbocycles. The molecule has 1 aliphatic heterocycles. The number of hydrogen-bond donors (Lipinski definition) is 2. The van der Waals surface area contributed by atoms with Gasteiger partial charge in [-0.3, -0.25) is 9.69 Å². The molecule has 4 nitrogen and oxygen atoms in total. The lowest BCUT2D eigenvalue weighted by Crippen LogP contribution is -2.48. The van der Waals surface area contributed by atoms with Gasteiger partial charge in [-0.2, -0.15) is 0 Å². The summed E-state index contributed by atoms with van der Waals surface area (Å²) in [5, 5.41) is 12.7. The SMILES string of the molecule is O=C(N[C@@H]1CCC[C@@H]1N1CCC(O)C1)c1ccc(F)c(Cl)c1. The zero-order valence-electron chi connectivity index (χ0n) is 12.3. The summed E-state index contributed by atoms with van der Waals surface area (Å²) in [5.74, 6) is -0.749. The van der Waals surface area contributed by atoms with Crippen molar-refractivity contribution in [2.24, 2.45) is 0 Å². The molecule has 3 atom stereocenters. The topological polar surface area (TPSA) is 52.6 Å². The van der Waals surface area contributed by atoms with Gasteiger partial charge < -0.3 is 10.4 Å². The Morgan fingerprint density at radius 1 is 1.36 bits per heavy atom. The molecule has 2 fully saturated rings. The fourth-order valence-electron chi connectivity index (χ4n) is 3.50. The first kappa shape index (κ1) is 15.7. The highest BCUT2D eigenvalue weighted by atomic mass is 35.5. The van der Waals surface area contributed by atoms with E-state index in [2.05, 4.69) is 10.2 Å². The summed E-state index contributed by atoms with van der Waals surface area (Å²) in [6.07, 6.45) is 3.56. The lowest BCUT2D eigenvalue weighted by Gasteiger charge is -2.29. The zero-order valence-corrected chi connectivity index (χ0v) is 13.0. The number of carbonyl (C=O) groups is 1. The second kappa shape index (κ2) is 6.52. The van der Waals surface area contributed by atoms with Crippen LogP contribution in [0.25, 0.3) is 0 Å². The van der Waals surface area contributed by atoms with Crippen LogP contribution in [0.1, 0.15) is 36.0 Å². The first-order valence-corrected chi connectivity index (χ1v) is 8.10. The van der Waals surface area contributed by atoms with E-state index >= 15 is 0 Å². The second-order valence-corrected chi connectivity index (χ2v) is 6.55. The molecule has 0 bridgehead atoms. The number of nitrogens with zero attached hydrogens (tertiary/aromatic N) is 1. The van der Waals surface area contributed by atoms with Crippen LogP contribution in [0.3, 0.4) is 0 Å². The maximum Gasteiger partial charge on any atom is 0.251 e. The molecule has 1 unspecified atom stereocenters. The van der Waals surface area contributed by atoms with Crippen LogP contribution in [0.2, 0.25) is 5.02 Å². The van der Waals surface area contributed by atoms with Crippen molar-refractivity contribution in [2.45, 2.75) is 43.9 Å². The third-order valence-corrected chi connectivity index (χ3v) is 4.93. The van der Waals surface area contributed by atoms with Gasteiger partial charge in [-0.15, -0.1) is 0 Å². The number of hydrogen-bond acceptors (Lipinski definition) is 3. The molecule has 22 heavy (non-hydrogen) atoms. The molecule has 1 aromatic rings. The third kappa shape index (κ3) is 3.26. The highest BCUT2D eigenvalue weighted by Crippen LogP contribution is 2.27. The van der Waals surface area contributed by atoms with Crippen LogP contribution < -0.4 is 5.32 Å². The van der Waals surface area contributed by atoms with Crippen LogP contribution in [0.5, 0.6) is 0 Å². The fourth-order valence-corrected chi connectivity index (χ4v) is 3.68. The normalized spacial score (nSPS) is 29.0. The number of β-amino-alcohol motifs (C(OH)–C–C–N with tert-alkyl or cyclic N) is 1. The van der Waals surface area contributed by atoms with E-state index < -0.39 is 5.82 Å². The number of amides is 1. The van der Waals surface area contributed by atoms with Gasteiger partial charge in [-0.25, -0.2) is 4.39 Å². The van der Waals surface area contributed by atoms with E-state index in [9.17, 15) is 14.3 Å². The van der Waals surface area contributed by atoms with Crippen molar-refractivity contribution >= 4 is 17.5 Å². The Morgan fingerprint density at radius 2 is 2.18 bits per heavy atom. The van der Waals surface area contributed by atoms with Crippen molar-refractivity contribution in [3.63, 3.8) is 0 Å². The molecule has 1 saturated heterocycles. The van der Waals surface area contributed by atoms with Gasteiger partial charge in [0.25, 0.3) is 5.91 Å². The minimum absolute atomic E-state index is 0.0433. The molecular weight excluding hydrogens is 307 g/mol. The zero-order chi connectivity index (χ0) is 15.7. The number of carbonyl (C=O) groups excluding carboxylic acids is 1. The minimum atomic E-state index is -0.525. The Balaban J connectivity index is 1.66. The molecular formula is C16H20ClFN2O2. The van der Waals surface area contributed by atoms with Gasteiger partial charge in [0.05, 0.1) is 11.1 Å². The van der Waals surface area contributed by atoms with Gasteiger partial charge in [-0.05, 0) is 43.9 Å². The van der Waals surface area contributed by atoms with E-state index in [-0.39, 0.29) is 29.1 Å². The largest absolute Gasteiger partial charge is 0.392 e. The van der Waals surface area contributed by atoms with E-state index in [1.807, 2.05) is 0 Å². The molecule has 2 N–H and O–H groups in total. The first-order chi connectivity index (χ1) is 10.5. The van der Waals surface area contributed by atoms with Crippen LogP contribution in [0.4, 0.5) is 4.39 Å². The van der Waals surface area contributed by atoms with Crippen LogP contribution >= 0.6 is 11.6 Å². The van der Waals surface area contributed by atoms with E-state index in [1.54, 1.807) is 0 Å². The van der Waals surface area contributed by atoms with Gasteiger partial charge in [0.2, 0.25) is 0 Å². The average Bonchev–Trinajstić information content (AvgIpc) is 3.10. The fraction of sp³-hybridized carbons (Fsp3) is 0.562. The van der Waals surface area contributed by atoms with Gasteiger partial charge in [0.1, 0.15) is 5.82 Å². The molecule has 120 valence electrons. The summed E-state index contributed by atoms with van der Waals surface area (Å²) in [4.78, 5) is 14.6. The first-order valence-electron chi connectivity index (χ1n) is 7.72. The average molecular weight is 327 g/mol. The molecule has 0 radical (unpaired) electrons.